The molecule has 0 radical (unpaired) electrons. The molecule has 3 heteroatoms. The fourth-order valence-electron chi connectivity index (χ4n) is 1.26. The van der Waals surface area contributed by atoms with E-state index in [1.807, 2.05) is 7.05 Å². The number of hydrogen-bond acceptors (Lipinski definition) is 3. The maximum absolute atomic E-state index is 5.48. The molecule has 3 nitrogen and oxygen atoms in total. The maximum Gasteiger partial charge on any atom is 0.0632 e. The number of hydrogen-bond donors (Lipinski definition) is 1. The maximum atomic E-state index is 5.48. The number of nitrogens with one attached hydrogen (secondary N) is 1. The Morgan fingerprint density at radius 2 is 2.18 bits per heavy atom. The van der Waals surface area contributed by atoms with Crippen molar-refractivity contribution in [2.45, 2.75) is 19.0 Å². The number of ether oxygens (including phenoxy) is 1. The first-order valence-electron chi connectivity index (χ1n) is 4.19. The molecule has 66 valence electrons. The lowest BCUT2D eigenvalue weighted by molar-refractivity contribution is 0.110. The van der Waals surface area contributed by atoms with Gasteiger partial charge in [-0.15, -0.1) is 0 Å². The Bertz CT molecular complexity index is 119. The van der Waals surface area contributed by atoms with Gasteiger partial charge in [0.25, 0.3) is 0 Å². The molecule has 0 aromatic heterocycles. The molecule has 0 aromatic carbocycles. The zero-order valence-electron chi connectivity index (χ0n) is 7.63. The molecule has 1 heterocycles. The molecule has 0 spiro atoms. The summed E-state index contributed by atoms with van der Waals surface area (Å²) >= 11 is 0. The van der Waals surface area contributed by atoms with Crippen molar-refractivity contribution in [1.82, 2.24) is 10.2 Å². The largest absolute Gasteiger partial charge is 0.378 e. The van der Waals surface area contributed by atoms with E-state index in [2.05, 4.69) is 24.2 Å². The van der Waals surface area contributed by atoms with Crippen LogP contribution in [0.15, 0.2) is 0 Å². The second-order valence-electron chi connectivity index (χ2n) is 3.31. The Kier molecular flexibility index (Phi) is 3.30. The minimum Gasteiger partial charge on any atom is -0.378 e. The van der Waals surface area contributed by atoms with E-state index in [0.717, 1.165) is 19.8 Å². The van der Waals surface area contributed by atoms with Gasteiger partial charge in [-0.1, -0.05) is 0 Å². The zero-order chi connectivity index (χ0) is 8.27. The van der Waals surface area contributed by atoms with Crippen LogP contribution in [0.3, 0.4) is 0 Å². The Morgan fingerprint density at radius 3 is 2.82 bits per heavy atom. The van der Waals surface area contributed by atoms with Crippen LogP contribution in [0.5, 0.6) is 0 Å². The van der Waals surface area contributed by atoms with Gasteiger partial charge in [0.15, 0.2) is 0 Å². The average molecular weight is 158 g/mol. The first-order valence-corrected chi connectivity index (χ1v) is 4.19. The molecule has 2 unspecified atom stereocenters. The predicted octanol–water partition coefficient (Wildman–Crippen LogP) is -0.0751. The van der Waals surface area contributed by atoms with Gasteiger partial charge in [0, 0.05) is 18.6 Å². The lowest BCUT2D eigenvalue weighted by atomic mass is 10.2. The SMILES string of the molecule is CNC1COCC(C)N(C)C1. The monoisotopic (exact) mass is 158 g/mol. The summed E-state index contributed by atoms with van der Waals surface area (Å²) in [4.78, 5) is 2.33. The standard InChI is InChI=1S/C8H18N2O/c1-7-5-11-6-8(9-2)4-10(7)3/h7-9H,4-6H2,1-3H3. The van der Waals surface area contributed by atoms with Crippen molar-refractivity contribution >= 4 is 0 Å². The van der Waals surface area contributed by atoms with E-state index in [0.29, 0.717) is 12.1 Å². The molecular weight excluding hydrogens is 140 g/mol. The molecule has 1 aliphatic rings. The molecule has 2 atom stereocenters. The number of likely N-dealkylation sites (N-methyl/N-ethyl adjacent to an activating group) is 2. The lowest BCUT2D eigenvalue weighted by Gasteiger charge is -2.22. The van der Waals surface area contributed by atoms with Gasteiger partial charge in [0.05, 0.1) is 13.2 Å². The highest BCUT2D eigenvalue weighted by molar-refractivity contribution is 4.75. The summed E-state index contributed by atoms with van der Waals surface area (Å²) in [5.41, 5.74) is 0. The summed E-state index contributed by atoms with van der Waals surface area (Å²) in [5.74, 6) is 0. The second-order valence-corrected chi connectivity index (χ2v) is 3.31. The number of nitrogens with zero attached hydrogens (tertiary/aromatic N) is 1. The quantitative estimate of drug-likeness (QED) is 0.578. The van der Waals surface area contributed by atoms with Crippen LogP contribution in [0.2, 0.25) is 0 Å². The van der Waals surface area contributed by atoms with E-state index < -0.39 is 0 Å². The van der Waals surface area contributed by atoms with Crippen LogP contribution in [0, 0.1) is 0 Å². The van der Waals surface area contributed by atoms with Gasteiger partial charge in [-0.05, 0) is 21.0 Å². The first-order chi connectivity index (χ1) is 5.24. The normalized spacial score (nSPS) is 35.2. The van der Waals surface area contributed by atoms with Gasteiger partial charge in [-0.2, -0.15) is 0 Å². The van der Waals surface area contributed by atoms with E-state index >= 15 is 0 Å². The van der Waals surface area contributed by atoms with Crippen molar-refractivity contribution in [2.24, 2.45) is 0 Å². The van der Waals surface area contributed by atoms with Crippen molar-refractivity contribution in [3.05, 3.63) is 0 Å². The summed E-state index contributed by atoms with van der Waals surface area (Å²) in [6.45, 7) is 4.97. The van der Waals surface area contributed by atoms with Gasteiger partial charge in [-0.25, -0.2) is 0 Å². The predicted molar refractivity (Wildman–Crippen MR) is 45.8 cm³/mol. The molecule has 0 aliphatic carbocycles. The van der Waals surface area contributed by atoms with Crippen LogP contribution in [0.4, 0.5) is 0 Å². The van der Waals surface area contributed by atoms with Crippen molar-refractivity contribution in [3.8, 4) is 0 Å². The highest BCUT2D eigenvalue weighted by Crippen LogP contribution is 2.03. The topological polar surface area (TPSA) is 24.5 Å². The fraction of sp³-hybridized carbons (Fsp3) is 1.00. The van der Waals surface area contributed by atoms with Crippen molar-refractivity contribution < 1.29 is 4.74 Å². The number of rotatable bonds is 1. The smallest absolute Gasteiger partial charge is 0.0632 e. The Labute approximate surface area is 68.7 Å². The van der Waals surface area contributed by atoms with E-state index in [-0.39, 0.29) is 0 Å². The van der Waals surface area contributed by atoms with Gasteiger partial charge >= 0.3 is 0 Å². The summed E-state index contributed by atoms with van der Waals surface area (Å²) in [6, 6.07) is 1.04. The molecule has 1 rings (SSSR count). The minimum absolute atomic E-state index is 0.491. The van der Waals surface area contributed by atoms with Crippen LogP contribution < -0.4 is 5.32 Å². The first kappa shape index (κ1) is 8.97. The average Bonchev–Trinajstić information content (AvgIpc) is 2.15. The minimum atomic E-state index is 0.491. The molecule has 0 saturated carbocycles. The molecule has 1 fully saturated rings. The Hall–Kier alpha value is -0.120. The van der Waals surface area contributed by atoms with Crippen molar-refractivity contribution in [2.75, 3.05) is 33.9 Å². The van der Waals surface area contributed by atoms with Gasteiger partial charge < -0.3 is 10.1 Å². The van der Waals surface area contributed by atoms with Crippen LogP contribution in [0.1, 0.15) is 6.92 Å². The summed E-state index contributed by atoms with van der Waals surface area (Å²) in [7, 11) is 4.13. The Morgan fingerprint density at radius 1 is 1.45 bits per heavy atom. The van der Waals surface area contributed by atoms with Crippen LogP contribution in [-0.4, -0.2) is 50.8 Å². The second kappa shape index (κ2) is 4.04. The Balaban J connectivity index is 2.41. The summed E-state index contributed by atoms with van der Waals surface area (Å²) in [5, 5.41) is 3.23. The molecular formula is C8H18N2O. The molecule has 1 N–H and O–H groups in total. The van der Waals surface area contributed by atoms with Gasteiger partial charge in [-0.3, -0.25) is 4.90 Å². The third-order valence-corrected chi connectivity index (χ3v) is 2.35. The summed E-state index contributed by atoms with van der Waals surface area (Å²) < 4.78 is 5.48. The fourth-order valence-corrected chi connectivity index (χ4v) is 1.26. The highest BCUT2D eigenvalue weighted by atomic mass is 16.5. The van der Waals surface area contributed by atoms with E-state index in [9.17, 15) is 0 Å². The molecule has 1 saturated heterocycles. The molecule has 0 amide bonds. The van der Waals surface area contributed by atoms with Gasteiger partial charge in [0.1, 0.15) is 0 Å². The van der Waals surface area contributed by atoms with Crippen LogP contribution in [0.25, 0.3) is 0 Å². The van der Waals surface area contributed by atoms with E-state index in [4.69, 9.17) is 4.74 Å². The molecule has 11 heavy (non-hydrogen) atoms. The van der Waals surface area contributed by atoms with Gasteiger partial charge in [0.2, 0.25) is 0 Å². The van der Waals surface area contributed by atoms with E-state index in [1.165, 1.54) is 0 Å². The van der Waals surface area contributed by atoms with Crippen molar-refractivity contribution in [1.29, 1.82) is 0 Å². The summed E-state index contributed by atoms with van der Waals surface area (Å²) in [6.07, 6.45) is 0. The van der Waals surface area contributed by atoms with Crippen molar-refractivity contribution in [3.63, 3.8) is 0 Å². The third-order valence-electron chi connectivity index (χ3n) is 2.35. The van der Waals surface area contributed by atoms with Crippen LogP contribution >= 0.6 is 0 Å². The highest BCUT2D eigenvalue weighted by Gasteiger charge is 2.18. The molecule has 0 aromatic rings. The van der Waals surface area contributed by atoms with E-state index in [1.54, 1.807) is 0 Å². The third kappa shape index (κ3) is 2.43. The lowest BCUT2D eigenvalue weighted by Crippen LogP contribution is -2.40. The zero-order valence-corrected chi connectivity index (χ0v) is 7.63. The molecule has 0 bridgehead atoms. The van der Waals surface area contributed by atoms with Crippen LogP contribution in [-0.2, 0) is 4.74 Å². The molecule has 1 aliphatic heterocycles.